The first-order valence-electron chi connectivity index (χ1n) is 7.26. The zero-order valence-corrected chi connectivity index (χ0v) is 12.5. The molecule has 0 amide bonds. The maximum absolute atomic E-state index is 5.41. The van der Waals surface area contributed by atoms with Gasteiger partial charge in [-0.15, -0.1) is 0 Å². The van der Waals surface area contributed by atoms with Crippen LogP contribution < -0.4 is 5.32 Å². The smallest absolute Gasteiger partial charge is 0.0700 e. The van der Waals surface area contributed by atoms with Crippen molar-refractivity contribution in [1.82, 2.24) is 15.1 Å². The second-order valence-electron chi connectivity index (χ2n) is 4.76. The van der Waals surface area contributed by atoms with Crippen LogP contribution in [0.25, 0.3) is 5.69 Å². The first-order valence-corrected chi connectivity index (χ1v) is 7.26. The summed E-state index contributed by atoms with van der Waals surface area (Å²) in [7, 11) is 1.68. The van der Waals surface area contributed by atoms with E-state index in [1.807, 2.05) is 41.2 Å². The quantitative estimate of drug-likeness (QED) is 0.680. The van der Waals surface area contributed by atoms with E-state index in [4.69, 9.17) is 9.47 Å². The summed E-state index contributed by atoms with van der Waals surface area (Å²) in [6.45, 7) is 3.85. The molecule has 0 bridgehead atoms. The molecule has 2 aromatic rings. The summed E-state index contributed by atoms with van der Waals surface area (Å²) >= 11 is 0. The molecule has 0 saturated heterocycles. The predicted octanol–water partition coefficient (Wildman–Crippen LogP) is 2.01. The Kier molecular flexibility index (Phi) is 6.94. The van der Waals surface area contributed by atoms with Crippen LogP contribution in [0.4, 0.5) is 0 Å². The molecule has 0 unspecified atom stereocenters. The van der Waals surface area contributed by atoms with Crippen molar-refractivity contribution >= 4 is 0 Å². The summed E-state index contributed by atoms with van der Waals surface area (Å²) in [5.74, 6) is 0. The van der Waals surface area contributed by atoms with Crippen molar-refractivity contribution in [1.29, 1.82) is 0 Å². The molecular weight excluding hydrogens is 266 g/mol. The molecule has 0 saturated carbocycles. The van der Waals surface area contributed by atoms with Gasteiger partial charge in [0.05, 0.1) is 25.1 Å². The van der Waals surface area contributed by atoms with E-state index >= 15 is 0 Å². The first-order chi connectivity index (χ1) is 10.4. The van der Waals surface area contributed by atoms with Gasteiger partial charge in [-0.3, -0.25) is 0 Å². The standard InChI is InChI=1S/C16H23N3O2/c1-20-10-11-21-9-5-8-17-12-15-13-18-19(14-15)16-6-3-2-4-7-16/h2-4,6-7,13-14,17H,5,8-12H2,1H3. The third-order valence-corrected chi connectivity index (χ3v) is 3.06. The van der Waals surface area contributed by atoms with Crippen molar-refractivity contribution in [3.63, 3.8) is 0 Å². The molecule has 21 heavy (non-hydrogen) atoms. The van der Waals surface area contributed by atoms with Crippen molar-refractivity contribution < 1.29 is 9.47 Å². The molecule has 1 aromatic heterocycles. The Balaban J connectivity index is 1.63. The Labute approximate surface area is 125 Å². The number of benzene rings is 1. The van der Waals surface area contributed by atoms with Gasteiger partial charge < -0.3 is 14.8 Å². The lowest BCUT2D eigenvalue weighted by Gasteiger charge is -2.04. The number of para-hydroxylation sites is 1. The number of rotatable bonds is 10. The molecule has 1 heterocycles. The van der Waals surface area contributed by atoms with Gasteiger partial charge in [-0.05, 0) is 25.1 Å². The number of aromatic nitrogens is 2. The molecule has 0 radical (unpaired) electrons. The summed E-state index contributed by atoms with van der Waals surface area (Å²) in [5, 5.41) is 7.77. The first kappa shape index (κ1) is 15.7. The molecule has 0 atom stereocenters. The van der Waals surface area contributed by atoms with Gasteiger partial charge in [0, 0.05) is 32.0 Å². The molecule has 5 heteroatoms. The fourth-order valence-electron chi connectivity index (χ4n) is 1.95. The van der Waals surface area contributed by atoms with Crippen molar-refractivity contribution in [2.24, 2.45) is 0 Å². The number of hydrogen-bond acceptors (Lipinski definition) is 4. The van der Waals surface area contributed by atoms with E-state index in [-0.39, 0.29) is 0 Å². The topological polar surface area (TPSA) is 48.3 Å². The van der Waals surface area contributed by atoms with Crippen molar-refractivity contribution in [2.45, 2.75) is 13.0 Å². The van der Waals surface area contributed by atoms with Gasteiger partial charge >= 0.3 is 0 Å². The number of ether oxygens (including phenoxy) is 2. The highest BCUT2D eigenvalue weighted by Crippen LogP contribution is 2.07. The Morgan fingerprint density at radius 1 is 1.14 bits per heavy atom. The summed E-state index contributed by atoms with van der Waals surface area (Å²) in [4.78, 5) is 0. The van der Waals surface area contributed by atoms with E-state index in [1.54, 1.807) is 7.11 Å². The van der Waals surface area contributed by atoms with E-state index in [0.29, 0.717) is 13.2 Å². The Hall–Kier alpha value is -1.69. The lowest BCUT2D eigenvalue weighted by atomic mass is 10.3. The molecule has 0 spiro atoms. The summed E-state index contributed by atoms with van der Waals surface area (Å²) in [6, 6.07) is 10.1. The molecule has 1 aromatic carbocycles. The lowest BCUT2D eigenvalue weighted by Crippen LogP contribution is -2.16. The molecule has 2 rings (SSSR count). The molecule has 0 aliphatic heterocycles. The van der Waals surface area contributed by atoms with E-state index in [1.165, 1.54) is 5.56 Å². The third-order valence-electron chi connectivity index (χ3n) is 3.06. The fourth-order valence-corrected chi connectivity index (χ4v) is 1.95. The van der Waals surface area contributed by atoms with Crippen LogP contribution in [0.2, 0.25) is 0 Å². The lowest BCUT2D eigenvalue weighted by molar-refractivity contribution is 0.0695. The highest BCUT2D eigenvalue weighted by atomic mass is 16.5. The summed E-state index contributed by atoms with van der Waals surface area (Å²) in [5.41, 5.74) is 2.26. The van der Waals surface area contributed by atoms with Gasteiger partial charge in [0.15, 0.2) is 0 Å². The Bertz CT molecular complexity index is 499. The minimum absolute atomic E-state index is 0.659. The highest BCUT2D eigenvalue weighted by molar-refractivity contribution is 5.30. The number of methoxy groups -OCH3 is 1. The molecule has 114 valence electrons. The van der Waals surface area contributed by atoms with Gasteiger partial charge in [0.1, 0.15) is 0 Å². The average molecular weight is 289 g/mol. The minimum Gasteiger partial charge on any atom is -0.382 e. The minimum atomic E-state index is 0.659. The monoisotopic (exact) mass is 289 g/mol. The maximum atomic E-state index is 5.41. The van der Waals surface area contributed by atoms with Gasteiger partial charge in [-0.1, -0.05) is 18.2 Å². The van der Waals surface area contributed by atoms with Gasteiger partial charge in [0.2, 0.25) is 0 Å². The van der Waals surface area contributed by atoms with Crippen LogP contribution in [-0.2, 0) is 16.0 Å². The summed E-state index contributed by atoms with van der Waals surface area (Å²) in [6.07, 6.45) is 4.95. The fraction of sp³-hybridized carbons (Fsp3) is 0.438. The zero-order chi connectivity index (χ0) is 14.8. The predicted molar refractivity (Wildman–Crippen MR) is 82.6 cm³/mol. The largest absolute Gasteiger partial charge is 0.382 e. The third kappa shape index (κ3) is 5.67. The normalized spacial score (nSPS) is 10.9. The van der Waals surface area contributed by atoms with Crippen LogP contribution in [0.3, 0.4) is 0 Å². The van der Waals surface area contributed by atoms with Crippen LogP contribution in [0, 0.1) is 0 Å². The molecule has 0 fully saturated rings. The van der Waals surface area contributed by atoms with E-state index in [9.17, 15) is 0 Å². The SMILES string of the molecule is COCCOCCCNCc1cnn(-c2ccccc2)c1. The van der Waals surface area contributed by atoms with Crippen LogP contribution in [-0.4, -0.2) is 43.3 Å². The van der Waals surface area contributed by atoms with Crippen LogP contribution in [0.15, 0.2) is 42.7 Å². The van der Waals surface area contributed by atoms with E-state index in [2.05, 4.69) is 16.6 Å². The van der Waals surface area contributed by atoms with Gasteiger partial charge in [-0.2, -0.15) is 5.10 Å². The summed E-state index contributed by atoms with van der Waals surface area (Å²) < 4.78 is 12.2. The molecule has 1 N–H and O–H groups in total. The molecular formula is C16H23N3O2. The highest BCUT2D eigenvalue weighted by Gasteiger charge is 2.00. The zero-order valence-electron chi connectivity index (χ0n) is 12.5. The second-order valence-corrected chi connectivity index (χ2v) is 4.76. The molecule has 5 nitrogen and oxygen atoms in total. The maximum Gasteiger partial charge on any atom is 0.0700 e. The average Bonchev–Trinajstić information content (AvgIpc) is 3.00. The van der Waals surface area contributed by atoms with E-state index < -0.39 is 0 Å². The van der Waals surface area contributed by atoms with Crippen LogP contribution in [0.5, 0.6) is 0 Å². The van der Waals surface area contributed by atoms with E-state index in [0.717, 1.165) is 31.8 Å². The Morgan fingerprint density at radius 3 is 2.81 bits per heavy atom. The molecule has 0 aliphatic rings. The van der Waals surface area contributed by atoms with Crippen molar-refractivity contribution in [3.05, 3.63) is 48.3 Å². The van der Waals surface area contributed by atoms with Crippen LogP contribution in [0.1, 0.15) is 12.0 Å². The number of nitrogens with zero attached hydrogens (tertiary/aromatic N) is 2. The van der Waals surface area contributed by atoms with Crippen LogP contribution >= 0.6 is 0 Å². The second kappa shape index (κ2) is 9.28. The van der Waals surface area contributed by atoms with Gasteiger partial charge in [-0.25, -0.2) is 4.68 Å². The van der Waals surface area contributed by atoms with Crippen molar-refractivity contribution in [3.8, 4) is 5.69 Å². The van der Waals surface area contributed by atoms with Gasteiger partial charge in [0.25, 0.3) is 0 Å². The molecule has 0 aliphatic carbocycles. The number of nitrogens with one attached hydrogen (secondary N) is 1. The van der Waals surface area contributed by atoms with Crippen molar-refractivity contribution in [2.75, 3.05) is 33.5 Å². The Morgan fingerprint density at radius 2 is 2.00 bits per heavy atom. The number of hydrogen-bond donors (Lipinski definition) is 1.